The van der Waals surface area contributed by atoms with Crippen LogP contribution in [0.2, 0.25) is 10.0 Å². The van der Waals surface area contributed by atoms with E-state index in [2.05, 4.69) is 30.1 Å². The van der Waals surface area contributed by atoms with E-state index >= 15 is 0 Å². The van der Waals surface area contributed by atoms with E-state index in [9.17, 15) is 0 Å². The average Bonchev–Trinajstić information content (AvgIpc) is 3.42. The quantitative estimate of drug-likeness (QED) is 0.385. The Kier molecular flexibility index (Phi) is 6.68. The van der Waals surface area contributed by atoms with E-state index in [0.717, 1.165) is 43.7 Å². The van der Waals surface area contributed by atoms with Gasteiger partial charge in [0.1, 0.15) is 0 Å². The van der Waals surface area contributed by atoms with Crippen molar-refractivity contribution < 1.29 is 9.05 Å². The summed E-state index contributed by atoms with van der Waals surface area (Å²) >= 11 is 11.9. The van der Waals surface area contributed by atoms with Gasteiger partial charge in [0.2, 0.25) is 23.4 Å². The number of benzene rings is 2. The Morgan fingerprint density at radius 3 is 1.48 bits per heavy atom. The predicted octanol–water partition coefficient (Wildman–Crippen LogP) is 4.80. The smallest absolute Gasteiger partial charge is 0.241 e. The van der Waals surface area contributed by atoms with E-state index in [-0.39, 0.29) is 0 Å². The van der Waals surface area contributed by atoms with Gasteiger partial charge in [-0.2, -0.15) is 9.97 Å². The highest BCUT2D eigenvalue weighted by Crippen LogP contribution is 2.21. The molecule has 0 saturated carbocycles. The van der Waals surface area contributed by atoms with Crippen molar-refractivity contribution in [2.24, 2.45) is 0 Å². The van der Waals surface area contributed by atoms with Crippen LogP contribution in [-0.2, 0) is 13.1 Å². The molecule has 1 fully saturated rings. The van der Waals surface area contributed by atoms with Crippen molar-refractivity contribution in [3.05, 3.63) is 70.4 Å². The van der Waals surface area contributed by atoms with Gasteiger partial charge in [-0.1, -0.05) is 33.5 Å². The molecule has 5 rings (SSSR count). The average molecular weight is 485 g/mol. The maximum Gasteiger partial charge on any atom is 0.241 e. The molecule has 1 saturated heterocycles. The van der Waals surface area contributed by atoms with Crippen LogP contribution in [0.1, 0.15) is 18.2 Å². The third-order valence-corrected chi connectivity index (χ3v) is 6.04. The first-order chi connectivity index (χ1) is 16.1. The molecular formula is C23H22Cl2N6O2. The summed E-state index contributed by atoms with van der Waals surface area (Å²) in [7, 11) is 0. The van der Waals surface area contributed by atoms with E-state index < -0.39 is 0 Å². The molecule has 8 nitrogen and oxygen atoms in total. The highest BCUT2D eigenvalue weighted by Gasteiger charge is 2.20. The van der Waals surface area contributed by atoms with E-state index in [1.165, 1.54) is 0 Å². The molecule has 0 atom stereocenters. The van der Waals surface area contributed by atoms with Gasteiger partial charge in [-0.3, -0.25) is 9.80 Å². The molecule has 0 aliphatic carbocycles. The lowest BCUT2D eigenvalue weighted by Crippen LogP contribution is -2.30. The van der Waals surface area contributed by atoms with E-state index in [4.69, 9.17) is 32.2 Å². The Hall–Kier alpha value is -2.78. The minimum absolute atomic E-state index is 0.575. The second-order valence-corrected chi connectivity index (χ2v) is 8.82. The molecule has 170 valence electrons. The Morgan fingerprint density at radius 2 is 1.06 bits per heavy atom. The number of hydrogen-bond donors (Lipinski definition) is 0. The summed E-state index contributed by atoms with van der Waals surface area (Å²) in [6.45, 7) is 4.92. The standard InChI is InChI=1S/C23H22Cl2N6O2/c24-18-6-2-16(3-7-18)22-26-20(32-28-22)14-30-10-1-11-31(13-12-30)15-21-27-23(29-33-21)17-4-8-19(25)9-5-17/h2-9H,1,10-15H2. The topological polar surface area (TPSA) is 84.3 Å². The summed E-state index contributed by atoms with van der Waals surface area (Å²) in [5.41, 5.74) is 1.77. The van der Waals surface area contributed by atoms with Crippen LogP contribution in [0.15, 0.2) is 57.6 Å². The van der Waals surface area contributed by atoms with Crippen molar-refractivity contribution in [3.63, 3.8) is 0 Å². The summed E-state index contributed by atoms with van der Waals surface area (Å²) in [6.07, 6.45) is 1.02. The monoisotopic (exact) mass is 484 g/mol. The zero-order valence-electron chi connectivity index (χ0n) is 17.8. The van der Waals surface area contributed by atoms with Gasteiger partial charge >= 0.3 is 0 Å². The summed E-state index contributed by atoms with van der Waals surface area (Å²) in [5.74, 6) is 2.37. The number of aromatic nitrogens is 4. The highest BCUT2D eigenvalue weighted by atomic mass is 35.5. The van der Waals surface area contributed by atoms with E-state index in [1.54, 1.807) is 0 Å². The lowest BCUT2D eigenvalue weighted by molar-refractivity contribution is 0.210. The first kappa shape index (κ1) is 22.0. The molecule has 2 aromatic carbocycles. The molecule has 0 spiro atoms. The second-order valence-electron chi connectivity index (χ2n) is 7.94. The van der Waals surface area contributed by atoms with Crippen molar-refractivity contribution >= 4 is 23.2 Å². The molecule has 0 radical (unpaired) electrons. The van der Waals surface area contributed by atoms with Gasteiger partial charge in [0.25, 0.3) is 0 Å². The van der Waals surface area contributed by atoms with E-state index in [1.807, 2.05) is 48.5 Å². The summed E-state index contributed by atoms with van der Waals surface area (Å²) < 4.78 is 11.0. The fourth-order valence-corrected chi connectivity index (χ4v) is 4.05. The molecule has 1 aliphatic rings. The van der Waals surface area contributed by atoms with Crippen molar-refractivity contribution in [2.45, 2.75) is 19.5 Å². The van der Waals surface area contributed by atoms with Crippen molar-refractivity contribution in [2.75, 3.05) is 26.2 Å². The molecule has 0 unspecified atom stereocenters. The van der Waals surface area contributed by atoms with Crippen molar-refractivity contribution in [1.29, 1.82) is 0 Å². The molecule has 0 bridgehead atoms. The second kappa shape index (κ2) is 10.0. The zero-order chi connectivity index (χ0) is 22.6. The Labute approximate surface area is 201 Å². The number of rotatable bonds is 6. The minimum atomic E-state index is 0.575. The Bertz CT molecular complexity index is 1100. The normalized spacial score (nSPS) is 15.6. The third-order valence-electron chi connectivity index (χ3n) is 5.54. The number of hydrogen-bond acceptors (Lipinski definition) is 8. The number of halogens is 2. The molecule has 4 aromatic rings. The Morgan fingerprint density at radius 1 is 0.636 bits per heavy atom. The van der Waals surface area contributed by atoms with Crippen molar-refractivity contribution in [3.8, 4) is 22.8 Å². The van der Waals surface area contributed by atoms with Crippen molar-refractivity contribution in [1.82, 2.24) is 30.1 Å². The van der Waals surface area contributed by atoms with Gasteiger partial charge in [-0.05, 0) is 68.0 Å². The van der Waals surface area contributed by atoms with Gasteiger partial charge in [0, 0.05) is 34.3 Å². The van der Waals surface area contributed by atoms with Gasteiger partial charge in [-0.25, -0.2) is 0 Å². The van der Waals surface area contributed by atoms with Crippen LogP contribution in [-0.4, -0.2) is 56.3 Å². The fourth-order valence-electron chi connectivity index (χ4n) is 3.79. The molecule has 33 heavy (non-hydrogen) atoms. The Balaban J connectivity index is 1.15. The van der Waals surface area contributed by atoms with Crippen LogP contribution in [0.25, 0.3) is 22.8 Å². The van der Waals surface area contributed by atoms with Gasteiger partial charge in [0.05, 0.1) is 13.1 Å². The summed E-state index contributed by atoms with van der Waals surface area (Å²) in [5, 5.41) is 9.57. The van der Waals surface area contributed by atoms with Crippen LogP contribution in [0.3, 0.4) is 0 Å². The third kappa shape index (κ3) is 5.59. The highest BCUT2D eigenvalue weighted by molar-refractivity contribution is 6.30. The largest absolute Gasteiger partial charge is 0.338 e. The summed E-state index contributed by atoms with van der Waals surface area (Å²) in [4.78, 5) is 13.7. The minimum Gasteiger partial charge on any atom is -0.338 e. The maximum absolute atomic E-state index is 5.95. The van der Waals surface area contributed by atoms with Crippen LogP contribution in [0.4, 0.5) is 0 Å². The van der Waals surface area contributed by atoms with Crippen LogP contribution < -0.4 is 0 Å². The maximum atomic E-state index is 5.95. The molecule has 2 aromatic heterocycles. The predicted molar refractivity (Wildman–Crippen MR) is 125 cm³/mol. The zero-order valence-corrected chi connectivity index (χ0v) is 19.3. The SMILES string of the molecule is Clc1ccc(-c2noc(CN3CCCN(Cc4nc(-c5ccc(Cl)cc5)no4)CC3)n2)cc1. The van der Waals surface area contributed by atoms with Gasteiger partial charge < -0.3 is 9.05 Å². The first-order valence-electron chi connectivity index (χ1n) is 10.7. The molecule has 0 amide bonds. The molecular weight excluding hydrogens is 463 g/mol. The molecule has 0 N–H and O–H groups in total. The summed E-state index contributed by atoms with van der Waals surface area (Å²) in [6, 6.07) is 14.8. The lowest BCUT2D eigenvalue weighted by atomic mass is 10.2. The number of nitrogens with zero attached hydrogens (tertiary/aromatic N) is 6. The molecule has 3 heterocycles. The fraction of sp³-hybridized carbons (Fsp3) is 0.304. The van der Waals surface area contributed by atoms with Crippen LogP contribution in [0.5, 0.6) is 0 Å². The first-order valence-corrected chi connectivity index (χ1v) is 11.5. The molecule has 1 aliphatic heterocycles. The van der Waals surface area contributed by atoms with Gasteiger partial charge in [0.15, 0.2) is 0 Å². The molecule has 10 heteroatoms. The van der Waals surface area contributed by atoms with E-state index in [0.29, 0.717) is 46.6 Å². The van der Waals surface area contributed by atoms with Gasteiger partial charge in [-0.15, -0.1) is 0 Å². The lowest BCUT2D eigenvalue weighted by Gasteiger charge is -2.19. The van der Waals surface area contributed by atoms with Crippen LogP contribution in [0, 0.1) is 0 Å². The van der Waals surface area contributed by atoms with Crippen LogP contribution >= 0.6 is 23.2 Å².